The van der Waals surface area contributed by atoms with Gasteiger partial charge in [-0.2, -0.15) is 0 Å². The highest BCUT2D eigenvalue weighted by Gasteiger charge is 2.22. The van der Waals surface area contributed by atoms with Crippen LogP contribution in [0.2, 0.25) is 5.02 Å². The minimum atomic E-state index is -0.397. The van der Waals surface area contributed by atoms with E-state index in [4.69, 9.17) is 16.3 Å². The number of hydrogen-bond donors (Lipinski definition) is 1. The molecule has 2 rings (SSSR count). The number of hydrogen-bond acceptors (Lipinski definition) is 4. The lowest BCUT2D eigenvalue weighted by atomic mass is 10.0. The largest absolute Gasteiger partial charge is 0.381 e. The SMILES string of the molecule is CC(NCc1ccc(Cl)cc1[N+](=O)[O-])C1CCOC1. The number of rotatable bonds is 5. The van der Waals surface area contributed by atoms with Crippen LogP contribution in [-0.2, 0) is 11.3 Å². The van der Waals surface area contributed by atoms with Gasteiger partial charge in [0.1, 0.15) is 0 Å². The first-order valence-corrected chi connectivity index (χ1v) is 6.69. The maximum absolute atomic E-state index is 11.0. The summed E-state index contributed by atoms with van der Waals surface area (Å²) in [7, 11) is 0. The summed E-state index contributed by atoms with van der Waals surface area (Å²) in [6.07, 6.45) is 1.04. The van der Waals surface area contributed by atoms with Gasteiger partial charge in [-0.3, -0.25) is 10.1 Å². The monoisotopic (exact) mass is 284 g/mol. The Morgan fingerprint density at radius 1 is 1.63 bits per heavy atom. The third kappa shape index (κ3) is 3.65. The van der Waals surface area contributed by atoms with Crippen LogP contribution in [0.3, 0.4) is 0 Å². The van der Waals surface area contributed by atoms with Crippen molar-refractivity contribution in [2.75, 3.05) is 13.2 Å². The molecule has 1 heterocycles. The second kappa shape index (κ2) is 6.32. The van der Waals surface area contributed by atoms with Gasteiger partial charge in [-0.25, -0.2) is 0 Å². The fourth-order valence-electron chi connectivity index (χ4n) is 2.24. The summed E-state index contributed by atoms with van der Waals surface area (Å²) < 4.78 is 5.34. The van der Waals surface area contributed by atoms with Crippen molar-refractivity contribution in [3.05, 3.63) is 38.9 Å². The molecule has 2 atom stereocenters. The van der Waals surface area contributed by atoms with Crippen LogP contribution in [0.15, 0.2) is 18.2 Å². The van der Waals surface area contributed by atoms with Gasteiger partial charge in [0.15, 0.2) is 0 Å². The predicted octanol–water partition coefficient (Wildman–Crippen LogP) is 2.76. The van der Waals surface area contributed by atoms with Gasteiger partial charge in [0, 0.05) is 35.8 Å². The molecular formula is C13H17ClN2O3. The topological polar surface area (TPSA) is 64.4 Å². The summed E-state index contributed by atoms with van der Waals surface area (Å²) in [5.74, 6) is 0.478. The van der Waals surface area contributed by atoms with Crippen molar-refractivity contribution in [3.63, 3.8) is 0 Å². The highest BCUT2D eigenvalue weighted by atomic mass is 35.5. The zero-order valence-corrected chi connectivity index (χ0v) is 11.5. The molecule has 104 valence electrons. The average molecular weight is 285 g/mol. The molecule has 0 aromatic heterocycles. The lowest BCUT2D eigenvalue weighted by Gasteiger charge is -2.19. The van der Waals surface area contributed by atoms with Crippen LogP contribution < -0.4 is 5.32 Å². The van der Waals surface area contributed by atoms with E-state index in [-0.39, 0.29) is 11.7 Å². The zero-order chi connectivity index (χ0) is 13.8. The molecule has 0 spiro atoms. The number of nitro groups is 1. The van der Waals surface area contributed by atoms with E-state index in [1.165, 1.54) is 6.07 Å². The Hall–Kier alpha value is -1.17. The zero-order valence-electron chi connectivity index (χ0n) is 10.8. The number of benzene rings is 1. The van der Waals surface area contributed by atoms with E-state index in [9.17, 15) is 10.1 Å². The van der Waals surface area contributed by atoms with Crippen molar-refractivity contribution in [1.82, 2.24) is 5.32 Å². The summed E-state index contributed by atoms with van der Waals surface area (Å²) in [5.41, 5.74) is 0.718. The molecule has 0 bridgehead atoms. The van der Waals surface area contributed by atoms with E-state index in [1.54, 1.807) is 12.1 Å². The quantitative estimate of drug-likeness (QED) is 0.667. The van der Waals surface area contributed by atoms with Crippen molar-refractivity contribution < 1.29 is 9.66 Å². The smallest absolute Gasteiger partial charge is 0.275 e. The molecule has 1 saturated heterocycles. The van der Waals surface area contributed by atoms with Gasteiger partial charge in [0.25, 0.3) is 5.69 Å². The molecule has 1 fully saturated rings. The van der Waals surface area contributed by atoms with Crippen LogP contribution in [-0.4, -0.2) is 24.2 Å². The van der Waals surface area contributed by atoms with Gasteiger partial charge in [0.05, 0.1) is 11.5 Å². The van der Waals surface area contributed by atoms with Crippen molar-refractivity contribution in [1.29, 1.82) is 0 Å². The molecule has 1 aromatic carbocycles. The lowest BCUT2D eigenvalue weighted by molar-refractivity contribution is -0.385. The Morgan fingerprint density at radius 3 is 3.05 bits per heavy atom. The Balaban J connectivity index is 2.00. The Bertz CT molecular complexity index is 461. The number of halogens is 1. The second-order valence-corrected chi connectivity index (χ2v) is 5.26. The number of nitrogens with zero attached hydrogens (tertiary/aromatic N) is 1. The van der Waals surface area contributed by atoms with Crippen LogP contribution in [0.25, 0.3) is 0 Å². The number of nitro benzene ring substituents is 1. The van der Waals surface area contributed by atoms with Gasteiger partial charge in [-0.15, -0.1) is 0 Å². The Kier molecular flexibility index (Phi) is 4.74. The van der Waals surface area contributed by atoms with Gasteiger partial charge >= 0.3 is 0 Å². The average Bonchev–Trinajstić information content (AvgIpc) is 2.90. The highest BCUT2D eigenvalue weighted by molar-refractivity contribution is 6.30. The number of nitrogens with one attached hydrogen (secondary N) is 1. The van der Waals surface area contributed by atoms with E-state index in [0.717, 1.165) is 19.6 Å². The van der Waals surface area contributed by atoms with Crippen molar-refractivity contribution in [2.24, 2.45) is 5.92 Å². The lowest BCUT2D eigenvalue weighted by Crippen LogP contribution is -2.33. The van der Waals surface area contributed by atoms with Crippen molar-refractivity contribution in [2.45, 2.75) is 25.9 Å². The summed E-state index contributed by atoms with van der Waals surface area (Å²) in [6.45, 7) is 4.11. The summed E-state index contributed by atoms with van der Waals surface area (Å²) in [4.78, 5) is 10.6. The molecule has 0 radical (unpaired) electrons. The van der Waals surface area contributed by atoms with Crippen LogP contribution in [0.1, 0.15) is 18.9 Å². The minimum absolute atomic E-state index is 0.0647. The molecule has 0 amide bonds. The second-order valence-electron chi connectivity index (χ2n) is 4.82. The minimum Gasteiger partial charge on any atom is -0.381 e. The van der Waals surface area contributed by atoms with E-state index in [1.807, 2.05) is 0 Å². The Labute approximate surface area is 117 Å². The molecule has 19 heavy (non-hydrogen) atoms. The van der Waals surface area contributed by atoms with Gasteiger partial charge in [-0.1, -0.05) is 11.6 Å². The van der Waals surface area contributed by atoms with Crippen LogP contribution in [0.4, 0.5) is 5.69 Å². The Morgan fingerprint density at radius 2 is 2.42 bits per heavy atom. The first-order chi connectivity index (χ1) is 9.08. The molecule has 0 aliphatic carbocycles. The fourth-order valence-corrected chi connectivity index (χ4v) is 2.41. The van der Waals surface area contributed by atoms with Crippen LogP contribution >= 0.6 is 11.6 Å². The number of ether oxygens (including phenoxy) is 1. The molecule has 6 heteroatoms. The molecule has 1 aromatic rings. The van der Waals surface area contributed by atoms with E-state index < -0.39 is 4.92 Å². The first kappa shape index (κ1) is 14.2. The van der Waals surface area contributed by atoms with Gasteiger partial charge in [-0.05, 0) is 31.4 Å². The van der Waals surface area contributed by atoms with Crippen molar-refractivity contribution >= 4 is 17.3 Å². The molecule has 5 nitrogen and oxygen atoms in total. The molecule has 1 aliphatic rings. The van der Waals surface area contributed by atoms with Gasteiger partial charge in [0.2, 0.25) is 0 Å². The standard InChI is InChI=1S/C13H17ClN2O3/c1-9(11-4-5-19-8-11)15-7-10-2-3-12(14)6-13(10)16(17)18/h2-3,6,9,11,15H,4-5,7-8H2,1H3. The van der Waals surface area contributed by atoms with Gasteiger partial charge < -0.3 is 10.1 Å². The molecule has 2 unspecified atom stereocenters. The predicted molar refractivity (Wildman–Crippen MR) is 73.3 cm³/mol. The maximum Gasteiger partial charge on any atom is 0.275 e. The maximum atomic E-state index is 11.0. The summed E-state index contributed by atoms with van der Waals surface area (Å²) in [6, 6.07) is 5.04. The van der Waals surface area contributed by atoms with E-state index in [2.05, 4.69) is 12.2 Å². The molecular weight excluding hydrogens is 268 g/mol. The normalized spacial score (nSPS) is 20.4. The summed E-state index contributed by atoms with van der Waals surface area (Å²) >= 11 is 5.79. The van der Waals surface area contributed by atoms with Crippen LogP contribution in [0.5, 0.6) is 0 Å². The fraction of sp³-hybridized carbons (Fsp3) is 0.538. The summed E-state index contributed by atoms with van der Waals surface area (Å²) in [5, 5.41) is 14.7. The van der Waals surface area contributed by atoms with E-state index in [0.29, 0.717) is 23.0 Å². The molecule has 0 saturated carbocycles. The van der Waals surface area contributed by atoms with E-state index >= 15 is 0 Å². The van der Waals surface area contributed by atoms with Crippen molar-refractivity contribution in [3.8, 4) is 0 Å². The highest BCUT2D eigenvalue weighted by Crippen LogP contribution is 2.24. The third-order valence-electron chi connectivity index (χ3n) is 3.53. The molecule has 1 aliphatic heterocycles. The van der Waals surface area contributed by atoms with Crippen LogP contribution in [0, 0.1) is 16.0 Å². The third-order valence-corrected chi connectivity index (χ3v) is 3.77. The first-order valence-electron chi connectivity index (χ1n) is 6.32. The molecule has 1 N–H and O–H groups in total.